The molecule has 1 atom stereocenters. The standard InChI is InChI=1S/C13H16N2S/c1-9-6-7-14-13(8-9)15-11(3)12-5-4-10(2)16-12/h4-8,11H,1-3H3,(H,14,15). The van der Waals surface area contributed by atoms with Gasteiger partial charge in [-0.25, -0.2) is 4.98 Å². The van der Waals surface area contributed by atoms with Gasteiger partial charge in [-0.15, -0.1) is 11.3 Å². The van der Waals surface area contributed by atoms with Crippen molar-refractivity contribution in [1.29, 1.82) is 0 Å². The first-order valence-electron chi connectivity index (χ1n) is 5.40. The SMILES string of the molecule is Cc1ccnc(NC(C)c2ccc(C)s2)c1. The molecule has 2 nitrogen and oxygen atoms in total. The molecule has 84 valence electrons. The van der Waals surface area contributed by atoms with Crippen LogP contribution in [0.5, 0.6) is 0 Å². The third kappa shape index (κ3) is 2.61. The Bertz CT molecular complexity index is 476. The zero-order valence-electron chi connectivity index (χ0n) is 9.82. The fourth-order valence-electron chi connectivity index (χ4n) is 1.59. The molecule has 2 aromatic rings. The maximum atomic E-state index is 4.31. The summed E-state index contributed by atoms with van der Waals surface area (Å²) in [7, 11) is 0. The van der Waals surface area contributed by atoms with Crippen LogP contribution in [-0.4, -0.2) is 4.98 Å². The molecule has 2 heterocycles. The van der Waals surface area contributed by atoms with Crippen LogP contribution in [0.2, 0.25) is 0 Å². The number of aromatic nitrogens is 1. The lowest BCUT2D eigenvalue weighted by atomic mass is 10.2. The number of pyridine rings is 1. The van der Waals surface area contributed by atoms with Gasteiger partial charge in [0.15, 0.2) is 0 Å². The molecule has 3 heteroatoms. The first-order valence-corrected chi connectivity index (χ1v) is 6.22. The Kier molecular flexibility index (Phi) is 3.25. The Morgan fingerprint density at radius 2 is 2.06 bits per heavy atom. The van der Waals surface area contributed by atoms with E-state index in [1.54, 1.807) is 0 Å². The molecule has 2 rings (SSSR count). The van der Waals surface area contributed by atoms with Crippen LogP contribution in [0.1, 0.15) is 28.3 Å². The quantitative estimate of drug-likeness (QED) is 0.867. The van der Waals surface area contributed by atoms with Gasteiger partial charge >= 0.3 is 0 Å². The number of aryl methyl sites for hydroxylation is 2. The average molecular weight is 232 g/mol. The monoisotopic (exact) mass is 232 g/mol. The van der Waals surface area contributed by atoms with E-state index >= 15 is 0 Å². The van der Waals surface area contributed by atoms with Gasteiger partial charge in [0.25, 0.3) is 0 Å². The molecule has 0 aliphatic heterocycles. The van der Waals surface area contributed by atoms with Gasteiger partial charge in [-0.3, -0.25) is 0 Å². The van der Waals surface area contributed by atoms with E-state index in [2.05, 4.69) is 49.3 Å². The number of nitrogens with one attached hydrogen (secondary N) is 1. The van der Waals surface area contributed by atoms with Crippen LogP contribution in [0, 0.1) is 13.8 Å². The Labute approximate surface area is 100 Å². The third-order valence-corrected chi connectivity index (χ3v) is 3.65. The highest BCUT2D eigenvalue weighted by Crippen LogP contribution is 2.25. The zero-order valence-corrected chi connectivity index (χ0v) is 10.6. The molecule has 0 aromatic carbocycles. The van der Waals surface area contributed by atoms with Crippen molar-refractivity contribution in [3.05, 3.63) is 45.8 Å². The van der Waals surface area contributed by atoms with E-state index in [0.29, 0.717) is 6.04 Å². The number of hydrogen-bond donors (Lipinski definition) is 1. The van der Waals surface area contributed by atoms with Gasteiger partial charge in [0.1, 0.15) is 5.82 Å². The van der Waals surface area contributed by atoms with Crippen molar-refractivity contribution < 1.29 is 0 Å². The van der Waals surface area contributed by atoms with E-state index in [9.17, 15) is 0 Å². The molecular weight excluding hydrogens is 216 g/mol. The lowest BCUT2D eigenvalue weighted by molar-refractivity contribution is 0.896. The third-order valence-electron chi connectivity index (χ3n) is 2.47. The van der Waals surface area contributed by atoms with Crippen molar-refractivity contribution in [3.63, 3.8) is 0 Å². The van der Waals surface area contributed by atoms with E-state index in [1.807, 2.05) is 23.6 Å². The number of anilines is 1. The summed E-state index contributed by atoms with van der Waals surface area (Å²) in [6.07, 6.45) is 1.84. The van der Waals surface area contributed by atoms with Crippen LogP contribution in [0.25, 0.3) is 0 Å². The van der Waals surface area contributed by atoms with Crippen LogP contribution < -0.4 is 5.32 Å². The lowest BCUT2D eigenvalue weighted by Crippen LogP contribution is -2.06. The molecule has 0 aliphatic rings. The van der Waals surface area contributed by atoms with Crippen LogP contribution in [0.4, 0.5) is 5.82 Å². The van der Waals surface area contributed by atoms with Crippen LogP contribution in [0.15, 0.2) is 30.5 Å². The Morgan fingerprint density at radius 3 is 2.69 bits per heavy atom. The summed E-state index contributed by atoms with van der Waals surface area (Å²) in [5.41, 5.74) is 1.23. The second kappa shape index (κ2) is 4.66. The molecule has 0 aliphatic carbocycles. The van der Waals surface area contributed by atoms with Crippen LogP contribution >= 0.6 is 11.3 Å². The number of rotatable bonds is 3. The maximum Gasteiger partial charge on any atom is 0.126 e. The van der Waals surface area contributed by atoms with E-state index < -0.39 is 0 Å². The molecule has 0 bridgehead atoms. The second-order valence-corrected chi connectivity index (χ2v) is 5.35. The highest BCUT2D eigenvalue weighted by atomic mass is 32.1. The second-order valence-electron chi connectivity index (χ2n) is 4.03. The summed E-state index contributed by atoms with van der Waals surface area (Å²) in [5.74, 6) is 0.943. The molecular formula is C13H16N2S. The molecule has 0 saturated carbocycles. The molecule has 16 heavy (non-hydrogen) atoms. The largest absolute Gasteiger partial charge is 0.363 e. The minimum atomic E-state index is 0.313. The molecule has 0 saturated heterocycles. The van der Waals surface area contributed by atoms with E-state index in [1.165, 1.54) is 15.3 Å². The summed E-state index contributed by atoms with van der Waals surface area (Å²) in [6.45, 7) is 6.37. The van der Waals surface area contributed by atoms with Crippen LogP contribution in [-0.2, 0) is 0 Å². The predicted molar refractivity (Wildman–Crippen MR) is 70.1 cm³/mol. The smallest absolute Gasteiger partial charge is 0.126 e. The highest BCUT2D eigenvalue weighted by Gasteiger charge is 2.07. The summed E-state index contributed by atoms with van der Waals surface area (Å²) in [6, 6.07) is 8.71. The number of hydrogen-bond acceptors (Lipinski definition) is 3. The van der Waals surface area contributed by atoms with Crippen molar-refractivity contribution in [1.82, 2.24) is 4.98 Å². The number of thiophene rings is 1. The van der Waals surface area contributed by atoms with Gasteiger partial charge in [-0.1, -0.05) is 0 Å². The summed E-state index contributed by atoms with van der Waals surface area (Å²) in [5, 5.41) is 3.41. The Hall–Kier alpha value is -1.35. The summed E-state index contributed by atoms with van der Waals surface area (Å²) in [4.78, 5) is 7.00. The minimum Gasteiger partial charge on any atom is -0.363 e. The molecule has 1 unspecified atom stereocenters. The highest BCUT2D eigenvalue weighted by molar-refractivity contribution is 7.12. The predicted octanol–water partition coefficient (Wildman–Crippen LogP) is 3.93. The van der Waals surface area contributed by atoms with E-state index in [0.717, 1.165) is 5.82 Å². The summed E-state index contributed by atoms with van der Waals surface area (Å²) >= 11 is 1.83. The van der Waals surface area contributed by atoms with Gasteiger partial charge in [-0.2, -0.15) is 0 Å². The molecule has 0 spiro atoms. The fourth-order valence-corrected chi connectivity index (χ4v) is 2.47. The van der Waals surface area contributed by atoms with Crippen molar-refractivity contribution in [3.8, 4) is 0 Å². The molecule has 1 N–H and O–H groups in total. The molecule has 0 fully saturated rings. The van der Waals surface area contributed by atoms with Gasteiger partial charge in [0.2, 0.25) is 0 Å². The zero-order chi connectivity index (χ0) is 11.5. The van der Waals surface area contributed by atoms with Crippen molar-refractivity contribution >= 4 is 17.2 Å². The van der Waals surface area contributed by atoms with Gasteiger partial charge in [-0.05, 0) is 50.6 Å². The van der Waals surface area contributed by atoms with Gasteiger partial charge in [0.05, 0.1) is 6.04 Å². The van der Waals surface area contributed by atoms with Crippen molar-refractivity contribution in [2.24, 2.45) is 0 Å². The Balaban J connectivity index is 2.10. The first kappa shape index (κ1) is 11.1. The topological polar surface area (TPSA) is 24.9 Å². The maximum absolute atomic E-state index is 4.31. The molecule has 2 aromatic heterocycles. The molecule has 0 radical (unpaired) electrons. The summed E-state index contributed by atoms with van der Waals surface area (Å²) < 4.78 is 0. The fraction of sp³-hybridized carbons (Fsp3) is 0.308. The van der Waals surface area contributed by atoms with Gasteiger partial charge < -0.3 is 5.32 Å². The average Bonchev–Trinajstić information content (AvgIpc) is 2.65. The normalized spacial score (nSPS) is 12.4. The lowest BCUT2D eigenvalue weighted by Gasteiger charge is -2.12. The minimum absolute atomic E-state index is 0.313. The van der Waals surface area contributed by atoms with E-state index in [4.69, 9.17) is 0 Å². The first-order chi connectivity index (χ1) is 7.65. The Morgan fingerprint density at radius 1 is 1.25 bits per heavy atom. The van der Waals surface area contributed by atoms with Crippen molar-refractivity contribution in [2.75, 3.05) is 5.32 Å². The number of nitrogens with zero attached hydrogens (tertiary/aromatic N) is 1. The van der Waals surface area contributed by atoms with Crippen LogP contribution in [0.3, 0.4) is 0 Å². The van der Waals surface area contributed by atoms with E-state index in [-0.39, 0.29) is 0 Å². The van der Waals surface area contributed by atoms with Crippen molar-refractivity contribution in [2.45, 2.75) is 26.8 Å². The molecule has 0 amide bonds. The van der Waals surface area contributed by atoms with Gasteiger partial charge in [0, 0.05) is 16.0 Å².